The van der Waals surface area contributed by atoms with Crippen molar-refractivity contribution >= 4 is 5.69 Å². The van der Waals surface area contributed by atoms with E-state index in [2.05, 4.69) is 17.2 Å². The average molecular weight is 179 g/mol. The molecule has 0 aliphatic carbocycles. The molecule has 1 heterocycles. The standard InChI is InChI=1S/C10H17N3/c1-2-3-10(8-11)13-9-4-6-12-7-5-9/h4-7,10H,2-3,8,11H2,1H3,(H,12,13). The van der Waals surface area contributed by atoms with Gasteiger partial charge in [0.25, 0.3) is 0 Å². The smallest absolute Gasteiger partial charge is 0.0383 e. The summed E-state index contributed by atoms with van der Waals surface area (Å²) in [5, 5.41) is 3.36. The van der Waals surface area contributed by atoms with Crippen molar-refractivity contribution in [1.29, 1.82) is 0 Å². The molecule has 0 fully saturated rings. The van der Waals surface area contributed by atoms with E-state index in [0.717, 1.165) is 18.5 Å². The van der Waals surface area contributed by atoms with Crippen molar-refractivity contribution in [2.45, 2.75) is 25.8 Å². The van der Waals surface area contributed by atoms with E-state index < -0.39 is 0 Å². The minimum Gasteiger partial charge on any atom is -0.381 e. The zero-order valence-electron chi connectivity index (χ0n) is 8.03. The van der Waals surface area contributed by atoms with Crippen molar-refractivity contribution in [3.63, 3.8) is 0 Å². The van der Waals surface area contributed by atoms with Crippen LogP contribution in [0.2, 0.25) is 0 Å². The molecule has 1 unspecified atom stereocenters. The second-order valence-corrected chi connectivity index (χ2v) is 3.10. The van der Waals surface area contributed by atoms with Crippen LogP contribution in [0.25, 0.3) is 0 Å². The third-order valence-electron chi connectivity index (χ3n) is 1.97. The number of nitrogens with two attached hydrogens (primary N) is 1. The molecule has 3 N–H and O–H groups in total. The molecule has 0 aromatic carbocycles. The van der Waals surface area contributed by atoms with Crippen molar-refractivity contribution in [2.24, 2.45) is 5.73 Å². The second-order valence-electron chi connectivity index (χ2n) is 3.10. The van der Waals surface area contributed by atoms with Crippen molar-refractivity contribution in [2.75, 3.05) is 11.9 Å². The normalized spacial score (nSPS) is 12.5. The zero-order valence-corrected chi connectivity index (χ0v) is 8.03. The van der Waals surface area contributed by atoms with Gasteiger partial charge in [-0.1, -0.05) is 13.3 Å². The Morgan fingerprint density at radius 3 is 2.69 bits per heavy atom. The van der Waals surface area contributed by atoms with Crippen LogP contribution in [0, 0.1) is 0 Å². The fourth-order valence-electron chi connectivity index (χ4n) is 1.28. The Labute approximate surface area is 79.4 Å². The summed E-state index contributed by atoms with van der Waals surface area (Å²) in [5.41, 5.74) is 6.72. The third-order valence-corrected chi connectivity index (χ3v) is 1.97. The van der Waals surface area contributed by atoms with Crippen LogP contribution in [0.5, 0.6) is 0 Å². The molecule has 0 amide bonds. The fourth-order valence-corrected chi connectivity index (χ4v) is 1.28. The number of rotatable bonds is 5. The molecule has 0 aliphatic heterocycles. The number of anilines is 1. The molecule has 0 radical (unpaired) electrons. The van der Waals surface area contributed by atoms with Gasteiger partial charge in [0, 0.05) is 30.7 Å². The molecule has 1 atom stereocenters. The van der Waals surface area contributed by atoms with Crippen molar-refractivity contribution < 1.29 is 0 Å². The zero-order chi connectivity index (χ0) is 9.52. The van der Waals surface area contributed by atoms with Gasteiger partial charge < -0.3 is 11.1 Å². The van der Waals surface area contributed by atoms with Gasteiger partial charge in [0.15, 0.2) is 0 Å². The highest BCUT2D eigenvalue weighted by atomic mass is 14.9. The van der Waals surface area contributed by atoms with Crippen LogP contribution < -0.4 is 11.1 Å². The number of nitrogens with zero attached hydrogens (tertiary/aromatic N) is 1. The van der Waals surface area contributed by atoms with Gasteiger partial charge in [-0.05, 0) is 18.6 Å². The maximum absolute atomic E-state index is 5.63. The SMILES string of the molecule is CCCC(CN)Nc1ccncc1. The van der Waals surface area contributed by atoms with Gasteiger partial charge in [-0.15, -0.1) is 0 Å². The molecule has 13 heavy (non-hydrogen) atoms. The van der Waals surface area contributed by atoms with Gasteiger partial charge in [0.05, 0.1) is 0 Å². The lowest BCUT2D eigenvalue weighted by Crippen LogP contribution is -2.28. The Bertz CT molecular complexity index is 223. The van der Waals surface area contributed by atoms with E-state index >= 15 is 0 Å². The summed E-state index contributed by atoms with van der Waals surface area (Å²) in [5.74, 6) is 0. The molecule has 0 bridgehead atoms. The Hall–Kier alpha value is -1.09. The molecule has 0 spiro atoms. The van der Waals surface area contributed by atoms with Gasteiger partial charge in [0.1, 0.15) is 0 Å². The molecule has 0 aliphatic rings. The van der Waals surface area contributed by atoms with E-state index in [4.69, 9.17) is 5.73 Å². The van der Waals surface area contributed by atoms with Crippen molar-refractivity contribution in [1.82, 2.24) is 4.98 Å². The van der Waals surface area contributed by atoms with Gasteiger partial charge >= 0.3 is 0 Å². The van der Waals surface area contributed by atoms with Crippen LogP contribution in [0.15, 0.2) is 24.5 Å². The van der Waals surface area contributed by atoms with Crippen LogP contribution in [0.1, 0.15) is 19.8 Å². The van der Waals surface area contributed by atoms with Gasteiger partial charge in [-0.2, -0.15) is 0 Å². The van der Waals surface area contributed by atoms with Gasteiger partial charge in [-0.3, -0.25) is 4.98 Å². The predicted octanol–water partition coefficient (Wildman–Crippen LogP) is 1.62. The molecule has 72 valence electrons. The maximum Gasteiger partial charge on any atom is 0.0383 e. The molecule has 0 saturated heterocycles. The Balaban J connectivity index is 2.46. The van der Waals surface area contributed by atoms with Crippen molar-refractivity contribution in [3.05, 3.63) is 24.5 Å². The quantitative estimate of drug-likeness (QED) is 0.722. The minimum absolute atomic E-state index is 0.382. The summed E-state index contributed by atoms with van der Waals surface area (Å²) in [4.78, 5) is 3.95. The first-order valence-electron chi connectivity index (χ1n) is 4.73. The highest BCUT2D eigenvalue weighted by Crippen LogP contribution is 2.07. The minimum atomic E-state index is 0.382. The Morgan fingerprint density at radius 2 is 2.15 bits per heavy atom. The fraction of sp³-hybridized carbons (Fsp3) is 0.500. The third kappa shape index (κ3) is 3.42. The number of nitrogens with one attached hydrogen (secondary N) is 1. The van der Waals surface area contributed by atoms with Crippen LogP contribution >= 0.6 is 0 Å². The molecule has 0 saturated carbocycles. The highest BCUT2D eigenvalue weighted by molar-refractivity contribution is 5.41. The van der Waals surface area contributed by atoms with E-state index in [1.807, 2.05) is 12.1 Å². The van der Waals surface area contributed by atoms with Gasteiger partial charge in [0.2, 0.25) is 0 Å². The van der Waals surface area contributed by atoms with E-state index in [9.17, 15) is 0 Å². The topological polar surface area (TPSA) is 50.9 Å². The monoisotopic (exact) mass is 179 g/mol. The number of aromatic nitrogens is 1. The number of pyridine rings is 1. The molecule has 3 heteroatoms. The molecule has 1 rings (SSSR count). The number of hydrogen-bond acceptors (Lipinski definition) is 3. The summed E-state index contributed by atoms with van der Waals surface area (Å²) < 4.78 is 0. The first-order valence-corrected chi connectivity index (χ1v) is 4.73. The Kier molecular flexibility index (Phi) is 4.26. The van der Waals surface area contributed by atoms with Gasteiger partial charge in [-0.25, -0.2) is 0 Å². The average Bonchev–Trinajstić information content (AvgIpc) is 2.19. The molecule has 3 nitrogen and oxygen atoms in total. The molecule has 1 aromatic heterocycles. The summed E-state index contributed by atoms with van der Waals surface area (Å²) in [7, 11) is 0. The highest BCUT2D eigenvalue weighted by Gasteiger charge is 2.03. The summed E-state index contributed by atoms with van der Waals surface area (Å²) >= 11 is 0. The lowest BCUT2D eigenvalue weighted by Gasteiger charge is -2.16. The Morgan fingerprint density at radius 1 is 1.46 bits per heavy atom. The van der Waals surface area contributed by atoms with E-state index in [-0.39, 0.29) is 0 Å². The molecular formula is C10H17N3. The van der Waals surface area contributed by atoms with E-state index in [1.54, 1.807) is 12.4 Å². The van der Waals surface area contributed by atoms with Crippen LogP contribution in [-0.2, 0) is 0 Å². The second kappa shape index (κ2) is 5.54. The lowest BCUT2D eigenvalue weighted by molar-refractivity contribution is 0.648. The van der Waals surface area contributed by atoms with E-state index in [0.29, 0.717) is 12.6 Å². The van der Waals surface area contributed by atoms with Crippen LogP contribution in [0.4, 0.5) is 5.69 Å². The molecule has 1 aromatic rings. The summed E-state index contributed by atoms with van der Waals surface area (Å²) in [6.07, 6.45) is 5.82. The molecular weight excluding hydrogens is 162 g/mol. The first-order chi connectivity index (χ1) is 6.36. The van der Waals surface area contributed by atoms with Crippen LogP contribution in [-0.4, -0.2) is 17.6 Å². The summed E-state index contributed by atoms with van der Waals surface area (Å²) in [6, 6.07) is 4.30. The van der Waals surface area contributed by atoms with Crippen LogP contribution in [0.3, 0.4) is 0 Å². The number of hydrogen-bond donors (Lipinski definition) is 2. The summed E-state index contributed by atoms with van der Waals surface area (Å²) in [6.45, 7) is 2.84. The van der Waals surface area contributed by atoms with Crippen molar-refractivity contribution in [3.8, 4) is 0 Å². The lowest BCUT2D eigenvalue weighted by atomic mass is 10.1. The largest absolute Gasteiger partial charge is 0.381 e. The van der Waals surface area contributed by atoms with E-state index in [1.165, 1.54) is 0 Å². The predicted molar refractivity (Wildman–Crippen MR) is 55.6 cm³/mol. The maximum atomic E-state index is 5.63. The first kappa shape index (κ1) is 9.99.